The molecule has 1 fully saturated rings. The second-order valence-electron chi connectivity index (χ2n) is 14.6. The normalized spacial score (nSPS) is 18.6. The summed E-state index contributed by atoms with van der Waals surface area (Å²) in [4.78, 5) is 66.7. The summed E-state index contributed by atoms with van der Waals surface area (Å²) in [6.45, 7) is 7.81. The largest absolute Gasteiger partial charge is 0.481 e. The van der Waals surface area contributed by atoms with E-state index < -0.39 is 47.6 Å². The van der Waals surface area contributed by atoms with Crippen LogP contribution in [-0.2, 0) is 24.0 Å². The maximum Gasteiger partial charge on any atom is 0.306 e. The Morgan fingerprint density at radius 2 is 0.941 bits per heavy atom. The van der Waals surface area contributed by atoms with Crippen LogP contribution >= 0.6 is 0 Å². The Hall–Kier alpha value is -5.25. The topological polar surface area (TPSA) is 154 Å². The van der Waals surface area contributed by atoms with Gasteiger partial charge in [-0.25, -0.2) is 0 Å². The molecule has 0 bridgehead atoms. The maximum atomic E-state index is 13.8. The van der Waals surface area contributed by atoms with Crippen LogP contribution in [0, 0.1) is 29.6 Å². The molecule has 4 amide bonds. The monoisotopic (exact) mass is 692 g/mol. The maximum absolute atomic E-state index is 13.8. The zero-order valence-electron chi connectivity index (χ0n) is 29.6. The first kappa shape index (κ1) is 37.0. The Labute approximate surface area is 298 Å². The van der Waals surface area contributed by atoms with Crippen molar-refractivity contribution in [1.29, 1.82) is 0 Å². The van der Waals surface area contributed by atoms with E-state index in [-0.39, 0.29) is 42.9 Å². The van der Waals surface area contributed by atoms with E-state index in [0.29, 0.717) is 24.2 Å². The van der Waals surface area contributed by atoms with E-state index in [2.05, 4.69) is 21.3 Å². The minimum absolute atomic E-state index is 0.0451. The summed E-state index contributed by atoms with van der Waals surface area (Å²) < 4.78 is 0. The molecule has 0 heterocycles. The van der Waals surface area contributed by atoms with Gasteiger partial charge in [-0.1, -0.05) is 88.4 Å². The molecule has 5 rings (SSSR count). The Balaban J connectivity index is 1.27. The van der Waals surface area contributed by atoms with E-state index in [1.807, 2.05) is 113 Å². The van der Waals surface area contributed by atoms with Crippen LogP contribution in [0.15, 0.2) is 84.9 Å². The average Bonchev–Trinajstić information content (AvgIpc) is 3.10. The standard InChI is InChI=1S/C41H48N4O6/c1-24(2)17-35(39(48)42-33-15-13-26-9-5-7-11-28(26)22-33)44-37(46)30-19-31(21-32(20-30)41(50)51)38(47)45-36(18-25(3)4)40(49)43-34-16-14-27-10-6-8-12-29(27)23-34/h5-16,22-25,30-32,35-36H,17-21H2,1-4H3,(H,42,48)(H,43,49)(H,44,46)(H,45,47)(H,50,51)/t30-,31+,32-,35-,36-/m0/s1. The van der Waals surface area contributed by atoms with Gasteiger partial charge in [0.25, 0.3) is 0 Å². The molecule has 0 radical (unpaired) electrons. The number of carboxylic acids is 1. The van der Waals surface area contributed by atoms with E-state index >= 15 is 0 Å². The molecule has 1 saturated carbocycles. The van der Waals surface area contributed by atoms with Gasteiger partial charge in [0.05, 0.1) is 5.92 Å². The first-order valence-corrected chi connectivity index (χ1v) is 17.8. The summed E-state index contributed by atoms with van der Waals surface area (Å²) in [6, 6.07) is 25.1. The third-order valence-electron chi connectivity index (χ3n) is 9.51. The number of hydrogen-bond acceptors (Lipinski definition) is 5. The molecule has 0 aliphatic heterocycles. The highest BCUT2D eigenvalue weighted by molar-refractivity contribution is 6.00. The molecular weight excluding hydrogens is 644 g/mol. The highest BCUT2D eigenvalue weighted by atomic mass is 16.4. The van der Waals surface area contributed by atoms with Crippen LogP contribution in [0.4, 0.5) is 11.4 Å². The summed E-state index contributed by atoms with van der Waals surface area (Å²) in [7, 11) is 0. The van der Waals surface area contributed by atoms with Gasteiger partial charge in [0.2, 0.25) is 23.6 Å². The number of amides is 4. The fourth-order valence-electron chi connectivity index (χ4n) is 6.93. The van der Waals surface area contributed by atoms with E-state index in [9.17, 15) is 29.1 Å². The van der Waals surface area contributed by atoms with Gasteiger partial charge in [0.1, 0.15) is 12.1 Å². The number of rotatable bonds is 13. The predicted molar refractivity (Wildman–Crippen MR) is 200 cm³/mol. The van der Waals surface area contributed by atoms with Gasteiger partial charge >= 0.3 is 5.97 Å². The number of carbonyl (C=O) groups is 5. The summed E-state index contributed by atoms with van der Waals surface area (Å²) in [5.74, 6) is -5.18. The fourth-order valence-corrected chi connectivity index (χ4v) is 6.93. The number of aliphatic carboxylic acids is 1. The molecule has 1 aliphatic carbocycles. The zero-order chi connectivity index (χ0) is 36.7. The van der Waals surface area contributed by atoms with Gasteiger partial charge in [-0.05, 0) is 89.8 Å². The highest BCUT2D eigenvalue weighted by Crippen LogP contribution is 2.35. The molecule has 51 heavy (non-hydrogen) atoms. The van der Waals surface area contributed by atoms with Crippen LogP contribution in [0.3, 0.4) is 0 Å². The van der Waals surface area contributed by atoms with Crippen LogP contribution in [0.1, 0.15) is 59.8 Å². The van der Waals surface area contributed by atoms with Crippen molar-refractivity contribution in [2.24, 2.45) is 29.6 Å². The van der Waals surface area contributed by atoms with Crippen molar-refractivity contribution >= 4 is 62.5 Å². The zero-order valence-corrected chi connectivity index (χ0v) is 29.6. The van der Waals surface area contributed by atoms with E-state index in [4.69, 9.17) is 0 Å². The molecule has 5 N–H and O–H groups in total. The second kappa shape index (κ2) is 16.6. The lowest BCUT2D eigenvalue weighted by molar-refractivity contribution is -0.146. The molecule has 1 aliphatic rings. The van der Waals surface area contributed by atoms with Crippen molar-refractivity contribution in [3.8, 4) is 0 Å². The second-order valence-corrected chi connectivity index (χ2v) is 14.6. The molecule has 4 aromatic carbocycles. The Kier molecular flexibility index (Phi) is 12.1. The third kappa shape index (κ3) is 9.93. The summed E-state index contributed by atoms with van der Waals surface area (Å²) >= 11 is 0. The number of nitrogens with one attached hydrogen (secondary N) is 4. The lowest BCUT2D eigenvalue weighted by atomic mass is 9.74. The fraction of sp³-hybridized carbons (Fsp3) is 0.390. The van der Waals surface area contributed by atoms with Crippen molar-refractivity contribution in [1.82, 2.24) is 10.6 Å². The number of benzene rings is 4. The van der Waals surface area contributed by atoms with Crippen LogP contribution in [0.2, 0.25) is 0 Å². The van der Waals surface area contributed by atoms with Gasteiger partial charge < -0.3 is 26.4 Å². The molecule has 0 saturated heterocycles. The number of carbonyl (C=O) groups excluding carboxylic acids is 4. The van der Waals surface area contributed by atoms with Crippen molar-refractivity contribution in [2.45, 2.75) is 71.9 Å². The van der Waals surface area contributed by atoms with Gasteiger partial charge in [0.15, 0.2) is 0 Å². The lowest BCUT2D eigenvalue weighted by Gasteiger charge is -2.33. The molecule has 0 spiro atoms. The first-order valence-electron chi connectivity index (χ1n) is 17.8. The van der Waals surface area contributed by atoms with E-state index in [1.165, 1.54) is 0 Å². The van der Waals surface area contributed by atoms with Crippen molar-refractivity contribution < 1.29 is 29.1 Å². The van der Waals surface area contributed by atoms with Crippen LogP contribution in [0.5, 0.6) is 0 Å². The van der Waals surface area contributed by atoms with Crippen LogP contribution < -0.4 is 21.3 Å². The Morgan fingerprint density at radius 1 is 0.569 bits per heavy atom. The molecule has 4 aromatic rings. The highest BCUT2D eigenvalue weighted by Gasteiger charge is 2.41. The van der Waals surface area contributed by atoms with Gasteiger partial charge in [-0.3, -0.25) is 24.0 Å². The van der Waals surface area contributed by atoms with Crippen molar-refractivity contribution in [3.63, 3.8) is 0 Å². The molecule has 10 nitrogen and oxygen atoms in total. The molecule has 0 aromatic heterocycles. The van der Waals surface area contributed by atoms with Gasteiger partial charge in [-0.2, -0.15) is 0 Å². The SMILES string of the molecule is CC(C)C[C@H](NC(=O)[C@@H]1C[C@H](C(=O)O)C[C@H](C(=O)N[C@@H](CC(C)C)C(=O)Nc2ccc3ccccc3c2)C1)C(=O)Nc1ccc2ccccc2c1. The first-order chi connectivity index (χ1) is 24.4. The predicted octanol–water partition coefficient (Wildman–Crippen LogP) is 6.75. The third-order valence-corrected chi connectivity index (χ3v) is 9.51. The van der Waals surface area contributed by atoms with E-state index in [0.717, 1.165) is 21.5 Å². The number of hydrogen-bond donors (Lipinski definition) is 5. The Bertz CT molecular complexity index is 1780. The lowest BCUT2D eigenvalue weighted by Crippen LogP contribution is -2.51. The minimum Gasteiger partial charge on any atom is -0.481 e. The average molecular weight is 693 g/mol. The molecular formula is C41H48N4O6. The smallest absolute Gasteiger partial charge is 0.306 e. The summed E-state index contributed by atoms with van der Waals surface area (Å²) in [6.07, 6.45) is 0.927. The molecule has 268 valence electrons. The molecule has 10 heteroatoms. The van der Waals surface area contributed by atoms with Crippen molar-refractivity contribution in [3.05, 3.63) is 84.9 Å². The number of anilines is 2. The molecule has 5 atom stereocenters. The van der Waals surface area contributed by atoms with Crippen LogP contribution in [0.25, 0.3) is 21.5 Å². The minimum atomic E-state index is -1.09. The quantitative estimate of drug-likeness (QED) is 0.105. The number of carboxylic acid groups (broad SMARTS) is 1. The summed E-state index contributed by atoms with van der Waals surface area (Å²) in [5, 5.41) is 25.6. The van der Waals surface area contributed by atoms with Crippen LogP contribution in [-0.4, -0.2) is 46.8 Å². The van der Waals surface area contributed by atoms with Crippen molar-refractivity contribution in [2.75, 3.05) is 10.6 Å². The Morgan fingerprint density at radius 3 is 1.31 bits per heavy atom. The number of fused-ring (bicyclic) bond motifs is 2. The molecule has 0 unspecified atom stereocenters. The van der Waals surface area contributed by atoms with Gasteiger partial charge in [0, 0.05) is 23.2 Å². The van der Waals surface area contributed by atoms with Gasteiger partial charge in [-0.15, -0.1) is 0 Å². The summed E-state index contributed by atoms with van der Waals surface area (Å²) in [5.41, 5.74) is 1.20. The van der Waals surface area contributed by atoms with E-state index in [1.54, 1.807) is 0 Å².